The summed E-state index contributed by atoms with van der Waals surface area (Å²) in [5.74, 6) is 0.415. The zero-order valence-electron chi connectivity index (χ0n) is 13.5. The topological polar surface area (TPSA) is 81.4 Å². The molecule has 0 bridgehead atoms. The number of nitrogens with one attached hydrogen (secondary N) is 1. The van der Waals surface area contributed by atoms with Crippen molar-refractivity contribution in [3.63, 3.8) is 0 Å². The highest BCUT2D eigenvalue weighted by Crippen LogP contribution is 2.23. The van der Waals surface area contributed by atoms with Crippen LogP contribution in [-0.4, -0.2) is 29.7 Å². The number of hydrogen-bond acceptors (Lipinski definition) is 5. The summed E-state index contributed by atoms with van der Waals surface area (Å²) in [5.41, 5.74) is 1.40. The van der Waals surface area contributed by atoms with E-state index in [4.69, 9.17) is 9.26 Å². The quantitative estimate of drug-likeness (QED) is 0.842. The van der Waals surface area contributed by atoms with E-state index in [0.29, 0.717) is 17.4 Å². The predicted molar refractivity (Wildman–Crippen MR) is 80.2 cm³/mol. The highest BCUT2D eigenvalue weighted by Gasteiger charge is 2.23. The van der Waals surface area contributed by atoms with Crippen LogP contribution in [0.15, 0.2) is 4.52 Å². The van der Waals surface area contributed by atoms with E-state index in [1.165, 1.54) is 6.42 Å². The number of esters is 1. The molecule has 1 aromatic heterocycles. The first-order chi connectivity index (χ1) is 10.5. The molecule has 1 saturated carbocycles. The van der Waals surface area contributed by atoms with Crippen molar-refractivity contribution in [2.24, 2.45) is 5.92 Å². The Morgan fingerprint density at radius 2 is 2.05 bits per heavy atom. The molecule has 1 aliphatic carbocycles. The summed E-state index contributed by atoms with van der Waals surface area (Å²) < 4.78 is 10.0. The van der Waals surface area contributed by atoms with E-state index in [2.05, 4.69) is 17.4 Å². The van der Waals surface area contributed by atoms with E-state index in [0.717, 1.165) is 24.8 Å². The number of aromatic nitrogens is 1. The molecule has 6 nitrogen and oxygen atoms in total. The van der Waals surface area contributed by atoms with E-state index >= 15 is 0 Å². The van der Waals surface area contributed by atoms with Crippen LogP contribution >= 0.6 is 0 Å². The number of rotatable bonds is 5. The van der Waals surface area contributed by atoms with Gasteiger partial charge in [-0.15, -0.1) is 0 Å². The molecule has 1 heterocycles. The van der Waals surface area contributed by atoms with Crippen LogP contribution < -0.4 is 5.32 Å². The predicted octanol–water partition coefficient (Wildman–Crippen LogP) is 2.07. The van der Waals surface area contributed by atoms with Gasteiger partial charge in [0.1, 0.15) is 5.76 Å². The third kappa shape index (κ3) is 4.32. The second kappa shape index (κ2) is 7.42. The fraction of sp³-hybridized carbons (Fsp3) is 0.688. The van der Waals surface area contributed by atoms with Crippen molar-refractivity contribution in [2.45, 2.75) is 58.9 Å². The van der Waals surface area contributed by atoms with Crippen molar-refractivity contribution in [3.8, 4) is 0 Å². The summed E-state index contributed by atoms with van der Waals surface area (Å²) in [7, 11) is 0. The Bertz CT molecular complexity index is 519. The summed E-state index contributed by atoms with van der Waals surface area (Å²) >= 11 is 0. The number of aryl methyl sites for hydroxylation is 2. The van der Waals surface area contributed by atoms with E-state index in [1.54, 1.807) is 13.8 Å². The molecule has 0 aromatic carbocycles. The lowest BCUT2D eigenvalue weighted by atomic mass is 9.86. The monoisotopic (exact) mass is 308 g/mol. The molecule has 1 aromatic rings. The smallest absolute Gasteiger partial charge is 0.310 e. The maximum atomic E-state index is 11.9. The fourth-order valence-corrected chi connectivity index (χ4v) is 2.87. The molecule has 1 amide bonds. The Kier molecular flexibility index (Phi) is 5.57. The first kappa shape index (κ1) is 16.5. The van der Waals surface area contributed by atoms with E-state index in [9.17, 15) is 9.59 Å². The van der Waals surface area contributed by atoms with Gasteiger partial charge in [-0.05, 0) is 32.6 Å². The molecule has 122 valence electrons. The SMILES string of the molecule is Cc1noc(C)c1CC(=O)OCC(=O)N[C@@H]1CCCC[C@@H]1C. The Morgan fingerprint density at radius 1 is 1.32 bits per heavy atom. The van der Waals surface area contributed by atoms with Crippen LogP contribution in [0, 0.1) is 19.8 Å². The molecular weight excluding hydrogens is 284 g/mol. The van der Waals surface area contributed by atoms with E-state index < -0.39 is 5.97 Å². The fourth-order valence-electron chi connectivity index (χ4n) is 2.87. The average Bonchev–Trinajstić information content (AvgIpc) is 2.79. The summed E-state index contributed by atoms with van der Waals surface area (Å²) in [6.07, 6.45) is 4.58. The molecule has 2 atom stereocenters. The van der Waals surface area contributed by atoms with Gasteiger partial charge in [-0.1, -0.05) is 24.9 Å². The molecule has 1 fully saturated rings. The lowest BCUT2D eigenvalue weighted by Crippen LogP contribution is -2.43. The van der Waals surface area contributed by atoms with Gasteiger partial charge in [0.25, 0.3) is 5.91 Å². The van der Waals surface area contributed by atoms with Gasteiger partial charge in [0.05, 0.1) is 12.1 Å². The van der Waals surface area contributed by atoms with Crippen LogP contribution in [0.25, 0.3) is 0 Å². The maximum absolute atomic E-state index is 11.9. The van der Waals surface area contributed by atoms with Crippen LogP contribution in [0.3, 0.4) is 0 Å². The van der Waals surface area contributed by atoms with Crippen LogP contribution in [0.1, 0.15) is 49.6 Å². The Labute approximate surface area is 130 Å². The average molecular weight is 308 g/mol. The minimum Gasteiger partial charge on any atom is -0.455 e. The Balaban J connectivity index is 1.75. The zero-order valence-corrected chi connectivity index (χ0v) is 13.5. The normalized spacial score (nSPS) is 21.4. The molecule has 0 saturated heterocycles. The van der Waals surface area contributed by atoms with Crippen molar-refractivity contribution in [3.05, 3.63) is 17.0 Å². The van der Waals surface area contributed by atoms with Gasteiger partial charge in [-0.3, -0.25) is 9.59 Å². The summed E-state index contributed by atoms with van der Waals surface area (Å²) in [4.78, 5) is 23.7. The number of amides is 1. The summed E-state index contributed by atoms with van der Waals surface area (Å²) in [5, 5.41) is 6.75. The largest absolute Gasteiger partial charge is 0.455 e. The molecule has 1 N–H and O–H groups in total. The molecular formula is C16H24N2O4. The van der Waals surface area contributed by atoms with Gasteiger partial charge in [0.15, 0.2) is 6.61 Å². The standard InChI is InChI=1S/C16H24N2O4/c1-10-6-4-5-7-14(10)17-15(19)9-21-16(20)8-13-11(2)18-22-12(13)3/h10,14H,4-9H2,1-3H3,(H,17,19)/t10-,14+/m0/s1. The number of nitrogens with zero attached hydrogens (tertiary/aromatic N) is 1. The van der Waals surface area contributed by atoms with Gasteiger partial charge in [0, 0.05) is 11.6 Å². The molecule has 0 aliphatic heterocycles. The number of carbonyl (C=O) groups excluding carboxylic acids is 2. The Hall–Kier alpha value is -1.85. The minimum atomic E-state index is -0.443. The van der Waals surface area contributed by atoms with E-state index in [1.807, 2.05) is 0 Å². The molecule has 0 radical (unpaired) electrons. The molecule has 2 rings (SSSR count). The van der Waals surface area contributed by atoms with Crippen molar-refractivity contribution in [2.75, 3.05) is 6.61 Å². The van der Waals surface area contributed by atoms with Crippen LogP contribution in [0.5, 0.6) is 0 Å². The Morgan fingerprint density at radius 3 is 2.68 bits per heavy atom. The number of carbonyl (C=O) groups is 2. The lowest BCUT2D eigenvalue weighted by Gasteiger charge is -2.29. The molecule has 22 heavy (non-hydrogen) atoms. The van der Waals surface area contributed by atoms with Crippen molar-refractivity contribution >= 4 is 11.9 Å². The maximum Gasteiger partial charge on any atom is 0.310 e. The van der Waals surface area contributed by atoms with E-state index in [-0.39, 0.29) is 25.0 Å². The molecule has 6 heteroatoms. The van der Waals surface area contributed by atoms with Crippen LogP contribution in [0.4, 0.5) is 0 Å². The third-order valence-electron chi connectivity index (χ3n) is 4.32. The number of ether oxygens (including phenoxy) is 1. The van der Waals surface area contributed by atoms with Crippen molar-refractivity contribution in [1.29, 1.82) is 0 Å². The van der Waals surface area contributed by atoms with Crippen LogP contribution in [0.2, 0.25) is 0 Å². The molecule has 0 unspecified atom stereocenters. The second-order valence-electron chi connectivity index (χ2n) is 6.08. The molecule has 0 spiro atoms. The highest BCUT2D eigenvalue weighted by molar-refractivity contribution is 5.81. The minimum absolute atomic E-state index is 0.0777. The van der Waals surface area contributed by atoms with Gasteiger partial charge in [-0.2, -0.15) is 0 Å². The lowest BCUT2D eigenvalue weighted by molar-refractivity contribution is -0.148. The van der Waals surface area contributed by atoms with Gasteiger partial charge >= 0.3 is 5.97 Å². The second-order valence-corrected chi connectivity index (χ2v) is 6.08. The highest BCUT2D eigenvalue weighted by atomic mass is 16.5. The van der Waals surface area contributed by atoms with Crippen LogP contribution in [-0.2, 0) is 20.7 Å². The van der Waals surface area contributed by atoms with Gasteiger partial charge < -0.3 is 14.6 Å². The van der Waals surface area contributed by atoms with Gasteiger partial charge in [0.2, 0.25) is 0 Å². The number of hydrogen-bond donors (Lipinski definition) is 1. The first-order valence-electron chi connectivity index (χ1n) is 7.84. The van der Waals surface area contributed by atoms with Gasteiger partial charge in [-0.25, -0.2) is 0 Å². The van der Waals surface area contributed by atoms with Crippen molar-refractivity contribution < 1.29 is 18.8 Å². The summed E-state index contributed by atoms with van der Waals surface area (Å²) in [6.45, 7) is 5.44. The zero-order chi connectivity index (χ0) is 16.1. The third-order valence-corrected chi connectivity index (χ3v) is 4.32. The first-order valence-corrected chi connectivity index (χ1v) is 7.84. The molecule has 1 aliphatic rings. The summed E-state index contributed by atoms with van der Waals surface area (Å²) in [6, 6.07) is 0.197. The van der Waals surface area contributed by atoms with Crippen molar-refractivity contribution in [1.82, 2.24) is 10.5 Å².